The molecule has 1 aromatic rings. The van der Waals surface area contributed by atoms with Crippen molar-refractivity contribution < 1.29 is 33.7 Å². The molecule has 0 bridgehead atoms. The highest BCUT2D eigenvalue weighted by Gasteiger charge is 2.53. The predicted molar refractivity (Wildman–Crippen MR) is 131 cm³/mol. The van der Waals surface area contributed by atoms with E-state index in [1.54, 1.807) is 26.2 Å². The molecule has 2 saturated heterocycles. The van der Waals surface area contributed by atoms with Gasteiger partial charge in [0, 0.05) is 17.7 Å². The van der Waals surface area contributed by atoms with E-state index in [1.807, 2.05) is 20.8 Å². The third-order valence-electron chi connectivity index (χ3n) is 7.64. The number of aromatic nitrogens is 1. The van der Waals surface area contributed by atoms with E-state index in [0.29, 0.717) is 18.5 Å². The Bertz CT molecular complexity index is 961. The second kappa shape index (κ2) is 10.7. The SMILES string of the molecule is Cc1nc(/C=C(\F)C2C[C@H]3O[C@@]3(C)CCC[C@H](C)[C@H](O)[C@@H](C)C(=O)C(C)(C)[C@@H](O)CC(=O)O2)cs1. The van der Waals surface area contributed by atoms with Crippen molar-refractivity contribution in [3.63, 3.8) is 0 Å². The fraction of sp³-hybridized carbons (Fsp3) is 0.731. The topological polar surface area (TPSA) is 109 Å². The molecule has 0 saturated carbocycles. The number of halogens is 1. The Morgan fingerprint density at radius 3 is 2.57 bits per heavy atom. The normalized spacial score (nSPS) is 37.5. The summed E-state index contributed by atoms with van der Waals surface area (Å²) in [6.45, 7) is 10.4. The number of cyclic esters (lactones) is 1. The summed E-state index contributed by atoms with van der Waals surface area (Å²) in [5, 5.41) is 24.1. The second-order valence-electron chi connectivity index (χ2n) is 10.9. The van der Waals surface area contributed by atoms with Crippen LogP contribution < -0.4 is 0 Å². The molecule has 7 nitrogen and oxygen atoms in total. The molecule has 2 aliphatic rings. The van der Waals surface area contributed by atoms with Crippen LogP contribution >= 0.6 is 11.3 Å². The number of esters is 1. The number of carbonyl (C=O) groups excluding carboxylic acids is 2. The maximum atomic E-state index is 15.3. The summed E-state index contributed by atoms with van der Waals surface area (Å²) in [7, 11) is 0. The molecule has 7 atom stereocenters. The molecule has 1 unspecified atom stereocenters. The van der Waals surface area contributed by atoms with Crippen LogP contribution in [-0.4, -0.2) is 57.0 Å². The number of fused-ring (bicyclic) bond motifs is 1. The number of rotatable bonds is 2. The van der Waals surface area contributed by atoms with Crippen LogP contribution in [0.4, 0.5) is 4.39 Å². The average Bonchev–Trinajstić information content (AvgIpc) is 3.22. The zero-order valence-electron chi connectivity index (χ0n) is 21.4. The third-order valence-corrected chi connectivity index (χ3v) is 8.43. The highest BCUT2D eigenvalue weighted by atomic mass is 32.1. The van der Waals surface area contributed by atoms with Crippen molar-refractivity contribution >= 4 is 29.2 Å². The molecule has 2 aliphatic heterocycles. The number of carbonyl (C=O) groups is 2. The third kappa shape index (κ3) is 6.56. The molecule has 0 radical (unpaired) electrons. The molecule has 2 N–H and O–H groups in total. The number of hydrogen-bond acceptors (Lipinski definition) is 8. The Morgan fingerprint density at radius 2 is 1.94 bits per heavy atom. The van der Waals surface area contributed by atoms with E-state index in [0.717, 1.165) is 11.4 Å². The zero-order valence-corrected chi connectivity index (χ0v) is 22.2. The first-order valence-electron chi connectivity index (χ1n) is 12.3. The summed E-state index contributed by atoms with van der Waals surface area (Å²) >= 11 is 1.39. The Hall–Kier alpha value is -1.68. The van der Waals surface area contributed by atoms with Gasteiger partial charge in [-0.3, -0.25) is 9.59 Å². The van der Waals surface area contributed by atoms with Gasteiger partial charge in [0.05, 0.1) is 46.5 Å². The molecule has 1 aromatic heterocycles. The molecule has 0 spiro atoms. The Balaban J connectivity index is 1.85. The van der Waals surface area contributed by atoms with E-state index in [4.69, 9.17) is 9.47 Å². The molecule has 0 aliphatic carbocycles. The average molecular weight is 512 g/mol. The number of ether oxygens (including phenoxy) is 2. The zero-order chi connectivity index (χ0) is 26.1. The minimum atomic E-state index is -1.35. The lowest BCUT2D eigenvalue weighted by atomic mass is 9.73. The number of hydrogen-bond donors (Lipinski definition) is 2. The standard InChI is InChI=1S/C26H38FNO6S/c1-14-8-7-9-26(6)21(34-26)11-19(18(27)10-17-13-35-16(3)28-17)33-22(30)12-20(29)25(4,5)24(32)15(2)23(14)31/h10,13-15,19-21,23,29,31H,7-9,11-12H2,1-6H3/b18-10-/t14-,15+,19?,20-,21+,23-,26-/m0/s1. The summed E-state index contributed by atoms with van der Waals surface area (Å²) in [6.07, 6.45) is -0.593. The monoisotopic (exact) mass is 511 g/mol. The van der Waals surface area contributed by atoms with Gasteiger partial charge in [-0.2, -0.15) is 0 Å². The van der Waals surface area contributed by atoms with Gasteiger partial charge in [-0.15, -0.1) is 11.3 Å². The molecule has 3 rings (SSSR count). The van der Waals surface area contributed by atoms with Crippen molar-refractivity contribution in [3.05, 3.63) is 21.9 Å². The van der Waals surface area contributed by atoms with E-state index < -0.39 is 53.5 Å². The predicted octanol–water partition coefficient (Wildman–Crippen LogP) is 4.38. The molecule has 2 fully saturated rings. The number of aryl methyl sites for hydroxylation is 1. The van der Waals surface area contributed by atoms with E-state index in [2.05, 4.69) is 4.98 Å². The van der Waals surface area contributed by atoms with Crippen LogP contribution in [0.2, 0.25) is 0 Å². The number of nitrogens with zero attached hydrogens (tertiary/aromatic N) is 1. The first-order chi connectivity index (χ1) is 16.2. The smallest absolute Gasteiger partial charge is 0.309 e. The van der Waals surface area contributed by atoms with Crippen LogP contribution in [0.15, 0.2) is 11.2 Å². The number of epoxide rings is 1. The molecule has 3 heterocycles. The number of Topliss-reactive ketones (excluding diaryl/α,β-unsaturated/α-hetero) is 1. The van der Waals surface area contributed by atoms with Crippen molar-refractivity contribution in [3.8, 4) is 0 Å². The highest BCUT2D eigenvalue weighted by Crippen LogP contribution is 2.45. The first kappa shape index (κ1) is 27.9. The van der Waals surface area contributed by atoms with Crippen LogP contribution in [0.25, 0.3) is 6.08 Å². The number of aliphatic hydroxyl groups excluding tert-OH is 2. The van der Waals surface area contributed by atoms with Gasteiger partial charge in [-0.05, 0) is 38.7 Å². The minimum Gasteiger partial charge on any atom is -0.455 e. The number of thiazole rings is 1. The summed E-state index contributed by atoms with van der Waals surface area (Å²) in [5.41, 5.74) is -1.32. The van der Waals surface area contributed by atoms with Crippen LogP contribution in [0.5, 0.6) is 0 Å². The van der Waals surface area contributed by atoms with Crippen LogP contribution in [0, 0.1) is 24.2 Å². The fourth-order valence-electron chi connectivity index (χ4n) is 4.86. The Morgan fingerprint density at radius 1 is 1.26 bits per heavy atom. The first-order valence-corrected chi connectivity index (χ1v) is 13.2. The van der Waals surface area contributed by atoms with Gasteiger partial charge in [0.1, 0.15) is 11.6 Å². The lowest BCUT2D eigenvalue weighted by Crippen LogP contribution is -2.45. The summed E-state index contributed by atoms with van der Waals surface area (Å²) in [6, 6.07) is 0. The maximum Gasteiger partial charge on any atom is 0.309 e. The van der Waals surface area contributed by atoms with E-state index >= 15 is 4.39 Å². The number of ketones is 1. The lowest BCUT2D eigenvalue weighted by Gasteiger charge is -2.34. The summed E-state index contributed by atoms with van der Waals surface area (Å²) < 4.78 is 26.7. The molecule has 0 amide bonds. The van der Waals surface area contributed by atoms with Gasteiger partial charge < -0.3 is 19.7 Å². The van der Waals surface area contributed by atoms with E-state index in [9.17, 15) is 19.8 Å². The largest absolute Gasteiger partial charge is 0.455 e. The van der Waals surface area contributed by atoms with Gasteiger partial charge in [0.15, 0.2) is 6.10 Å². The summed E-state index contributed by atoms with van der Waals surface area (Å²) in [4.78, 5) is 30.2. The van der Waals surface area contributed by atoms with Crippen LogP contribution in [0.3, 0.4) is 0 Å². The molecule has 35 heavy (non-hydrogen) atoms. The molecular weight excluding hydrogens is 473 g/mol. The van der Waals surface area contributed by atoms with Crippen LogP contribution in [0.1, 0.15) is 77.4 Å². The highest BCUT2D eigenvalue weighted by molar-refractivity contribution is 7.09. The molecule has 0 aromatic carbocycles. The molecular formula is C26H38FNO6S. The van der Waals surface area contributed by atoms with Crippen molar-refractivity contribution in [2.45, 2.75) is 104 Å². The van der Waals surface area contributed by atoms with Gasteiger partial charge in [0.25, 0.3) is 0 Å². The fourth-order valence-corrected chi connectivity index (χ4v) is 5.44. The van der Waals surface area contributed by atoms with E-state index in [1.165, 1.54) is 17.4 Å². The van der Waals surface area contributed by atoms with Gasteiger partial charge in [-0.1, -0.05) is 34.1 Å². The van der Waals surface area contributed by atoms with Gasteiger partial charge >= 0.3 is 5.97 Å². The van der Waals surface area contributed by atoms with Crippen molar-refractivity contribution in [2.75, 3.05) is 0 Å². The Kier molecular flexibility index (Phi) is 8.57. The number of aliphatic hydroxyl groups is 2. The van der Waals surface area contributed by atoms with Crippen molar-refractivity contribution in [2.24, 2.45) is 17.3 Å². The quantitative estimate of drug-likeness (QED) is 0.448. The maximum absolute atomic E-state index is 15.3. The lowest BCUT2D eigenvalue weighted by molar-refractivity contribution is -0.155. The van der Waals surface area contributed by atoms with E-state index in [-0.39, 0.29) is 24.2 Å². The molecule has 9 heteroatoms. The second-order valence-corrected chi connectivity index (χ2v) is 12.0. The molecule has 196 valence electrons. The summed E-state index contributed by atoms with van der Waals surface area (Å²) in [5.74, 6) is -2.62. The minimum absolute atomic E-state index is 0.129. The van der Waals surface area contributed by atoms with Crippen LogP contribution in [-0.2, 0) is 19.1 Å². The van der Waals surface area contributed by atoms with Crippen molar-refractivity contribution in [1.29, 1.82) is 0 Å². The van der Waals surface area contributed by atoms with Crippen molar-refractivity contribution in [1.82, 2.24) is 4.98 Å². The van der Waals surface area contributed by atoms with Gasteiger partial charge in [-0.25, -0.2) is 9.37 Å². The Labute approximate surface area is 210 Å². The van der Waals surface area contributed by atoms with Gasteiger partial charge in [0.2, 0.25) is 0 Å².